The van der Waals surface area contributed by atoms with Crippen molar-refractivity contribution in [2.75, 3.05) is 0 Å². The molecule has 0 saturated carbocycles. The number of nitrogens with zero attached hydrogens (tertiary/aromatic N) is 1. The second-order valence-corrected chi connectivity index (χ2v) is 15.2. The van der Waals surface area contributed by atoms with E-state index in [0.29, 0.717) is 0 Å². The van der Waals surface area contributed by atoms with Gasteiger partial charge in [-0.05, 0) is 101 Å². The number of rotatable bonds is 4. The molecule has 0 aliphatic heterocycles. The van der Waals surface area contributed by atoms with E-state index >= 15 is 0 Å². The Bertz CT molecular complexity index is 3800. The second-order valence-electron chi connectivity index (χ2n) is 15.2. The molecule has 0 atom stereocenters. The number of hydrogen-bond donors (Lipinski definition) is 0. The largest absolute Gasteiger partial charge is 0.456 e. The Kier molecular flexibility index (Phi) is 6.41. The molecule has 0 spiro atoms. The van der Waals surface area contributed by atoms with Gasteiger partial charge in [-0.1, -0.05) is 115 Å². The van der Waals surface area contributed by atoms with Gasteiger partial charge in [0.15, 0.2) is 0 Å². The highest BCUT2D eigenvalue weighted by Gasteiger charge is 2.19. The Morgan fingerprint density at radius 3 is 1.57 bits per heavy atom. The molecular weight excluding hydrogens is 711 g/mol. The molecule has 0 saturated heterocycles. The predicted molar refractivity (Wildman–Crippen MR) is 239 cm³/mol. The van der Waals surface area contributed by atoms with Gasteiger partial charge in [0.1, 0.15) is 33.5 Å². The van der Waals surface area contributed by atoms with Crippen molar-refractivity contribution in [3.05, 3.63) is 188 Å². The van der Waals surface area contributed by atoms with Crippen LogP contribution in [-0.4, -0.2) is 4.57 Å². The maximum Gasteiger partial charge on any atom is 0.143 e. The first-order chi connectivity index (χ1) is 28.7. The van der Waals surface area contributed by atoms with Crippen molar-refractivity contribution in [3.63, 3.8) is 0 Å². The Morgan fingerprint density at radius 1 is 0.293 bits per heavy atom. The quantitative estimate of drug-likeness (QED) is 0.180. The van der Waals surface area contributed by atoms with Crippen molar-refractivity contribution in [3.8, 4) is 39.1 Å². The topological polar surface area (TPSA) is 44.4 Å². The summed E-state index contributed by atoms with van der Waals surface area (Å²) in [7, 11) is 0. The second kappa shape index (κ2) is 11.8. The van der Waals surface area contributed by atoms with Crippen LogP contribution in [0.15, 0.2) is 201 Å². The summed E-state index contributed by atoms with van der Waals surface area (Å²) in [5, 5.41) is 9.13. The summed E-state index contributed by atoms with van der Waals surface area (Å²) < 4.78 is 21.3. The lowest BCUT2D eigenvalue weighted by Crippen LogP contribution is -1.94. The monoisotopic (exact) mass is 741 g/mol. The van der Waals surface area contributed by atoms with E-state index in [1.165, 1.54) is 10.8 Å². The van der Waals surface area contributed by atoms with Crippen molar-refractivity contribution < 1.29 is 13.3 Å². The van der Waals surface area contributed by atoms with Crippen LogP contribution in [0, 0.1) is 0 Å². The number of furan rings is 3. The predicted octanol–water partition coefficient (Wildman–Crippen LogP) is 15.5. The summed E-state index contributed by atoms with van der Waals surface area (Å²) in [5.74, 6) is 0. The molecule has 4 aromatic heterocycles. The minimum absolute atomic E-state index is 0.896. The van der Waals surface area contributed by atoms with E-state index < -0.39 is 0 Å². The number of aromatic nitrogens is 1. The molecule has 4 nitrogen and oxygen atoms in total. The van der Waals surface area contributed by atoms with Crippen molar-refractivity contribution >= 4 is 87.6 Å². The fourth-order valence-electron chi connectivity index (χ4n) is 9.33. The van der Waals surface area contributed by atoms with Gasteiger partial charge in [-0.15, -0.1) is 0 Å². The van der Waals surface area contributed by atoms with Crippen LogP contribution in [0.3, 0.4) is 0 Å². The fraction of sp³-hybridized carbons (Fsp3) is 0. The van der Waals surface area contributed by atoms with Gasteiger partial charge in [-0.25, -0.2) is 0 Å². The van der Waals surface area contributed by atoms with E-state index in [1.807, 2.05) is 36.4 Å². The summed E-state index contributed by atoms with van der Waals surface area (Å²) in [4.78, 5) is 0. The van der Waals surface area contributed by atoms with Crippen molar-refractivity contribution in [1.82, 2.24) is 4.57 Å². The van der Waals surface area contributed by atoms with Crippen LogP contribution in [0.25, 0.3) is 127 Å². The lowest BCUT2D eigenvalue weighted by molar-refractivity contribution is 0.668. The first kappa shape index (κ1) is 31.4. The standard InChI is InChI=1S/C54H31NO3/c1-5-16-49-39(9-1)41-14-7-13-38(54(41)58-49)35-22-27-47-44(31-35)43-29-33(34-23-28-51-45(30-34)40-10-2-4-15-48(40)56-51)21-26-46(43)55(47)36-24-19-32(20-25-36)37-12-8-18-52-53(37)42-11-3-6-17-50(42)57-52/h1-31H. The normalized spacial score (nSPS) is 12.1. The molecule has 0 bridgehead atoms. The van der Waals surface area contributed by atoms with Gasteiger partial charge >= 0.3 is 0 Å². The zero-order valence-electron chi connectivity index (χ0n) is 31.1. The maximum absolute atomic E-state index is 6.52. The van der Waals surface area contributed by atoms with Crippen LogP contribution in [0.2, 0.25) is 0 Å². The van der Waals surface area contributed by atoms with Crippen LogP contribution in [0.4, 0.5) is 0 Å². The van der Waals surface area contributed by atoms with Crippen LogP contribution in [0.5, 0.6) is 0 Å². The average Bonchev–Trinajstić information content (AvgIpc) is 4.04. The maximum atomic E-state index is 6.52. The van der Waals surface area contributed by atoms with Gasteiger partial charge in [0.05, 0.1) is 11.0 Å². The average molecular weight is 742 g/mol. The molecule has 270 valence electrons. The van der Waals surface area contributed by atoms with Gasteiger partial charge in [0, 0.05) is 54.3 Å². The minimum Gasteiger partial charge on any atom is -0.456 e. The van der Waals surface area contributed by atoms with Crippen LogP contribution < -0.4 is 0 Å². The molecular formula is C54H31NO3. The molecule has 0 amide bonds. The molecule has 58 heavy (non-hydrogen) atoms. The summed E-state index contributed by atoms with van der Waals surface area (Å²) in [5.41, 5.74) is 15.6. The Labute approximate surface area is 331 Å². The van der Waals surface area contributed by atoms with E-state index in [9.17, 15) is 0 Å². The Morgan fingerprint density at radius 2 is 0.793 bits per heavy atom. The molecule has 0 radical (unpaired) electrons. The Hall–Kier alpha value is -7.82. The van der Waals surface area contributed by atoms with Gasteiger partial charge in [0.2, 0.25) is 0 Å². The van der Waals surface area contributed by atoms with Gasteiger partial charge < -0.3 is 17.8 Å². The smallest absolute Gasteiger partial charge is 0.143 e. The fourth-order valence-corrected chi connectivity index (χ4v) is 9.33. The van der Waals surface area contributed by atoms with Crippen molar-refractivity contribution in [1.29, 1.82) is 0 Å². The highest BCUT2D eigenvalue weighted by atomic mass is 16.3. The lowest BCUT2D eigenvalue weighted by Gasteiger charge is -2.11. The van der Waals surface area contributed by atoms with E-state index in [-0.39, 0.29) is 0 Å². The van der Waals surface area contributed by atoms with Crippen LogP contribution >= 0.6 is 0 Å². The molecule has 9 aromatic carbocycles. The molecule has 13 rings (SSSR count). The van der Waals surface area contributed by atoms with Gasteiger partial charge in [0.25, 0.3) is 0 Å². The molecule has 4 heteroatoms. The minimum atomic E-state index is 0.896. The third-order valence-electron chi connectivity index (χ3n) is 12.0. The van der Waals surface area contributed by atoms with Crippen LogP contribution in [0.1, 0.15) is 0 Å². The Balaban J connectivity index is 1.01. The third kappa shape index (κ3) is 4.51. The number of fused-ring (bicyclic) bond motifs is 12. The summed E-state index contributed by atoms with van der Waals surface area (Å²) in [6.45, 7) is 0. The highest BCUT2D eigenvalue weighted by Crippen LogP contribution is 2.42. The van der Waals surface area contributed by atoms with E-state index in [4.69, 9.17) is 13.3 Å². The first-order valence-corrected chi connectivity index (χ1v) is 19.7. The molecule has 0 N–H and O–H groups in total. The molecule has 0 fully saturated rings. The lowest BCUT2D eigenvalue weighted by atomic mass is 9.98. The van der Waals surface area contributed by atoms with Crippen molar-refractivity contribution in [2.45, 2.75) is 0 Å². The molecule has 4 heterocycles. The first-order valence-electron chi connectivity index (χ1n) is 19.7. The summed E-state index contributed by atoms with van der Waals surface area (Å²) in [6.07, 6.45) is 0. The van der Waals surface area contributed by atoms with Crippen LogP contribution in [-0.2, 0) is 0 Å². The SMILES string of the molecule is c1ccc2c(c1)oc1ccc(-c3ccc4c(c3)c3cc(-c5cccc6c5oc5ccccc56)ccc3n4-c3ccc(-c4cccc5oc6ccccc6c45)cc3)cc12. The third-order valence-corrected chi connectivity index (χ3v) is 12.0. The molecule has 13 aromatic rings. The van der Waals surface area contributed by atoms with Gasteiger partial charge in [-0.3, -0.25) is 0 Å². The number of hydrogen-bond acceptors (Lipinski definition) is 3. The summed E-state index contributed by atoms with van der Waals surface area (Å²) >= 11 is 0. The van der Waals surface area contributed by atoms with Gasteiger partial charge in [-0.2, -0.15) is 0 Å². The van der Waals surface area contributed by atoms with Crippen molar-refractivity contribution in [2.24, 2.45) is 0 Å². The zero-order chi connectivity index (χ0) is 37.9. The molecule has 0 aliphatic rings. The summed E-state index contributed by atoms with van der Waals surface area (Å²) in [6, 6.07) is 66.8. The van der Waals surface area contributed by atoms with E-state index in [1.54, 1.807) is 0 Å². The van der Waals surface area contributed by atoms with E-state index in [0.717, 1.165) is 116 Å². The number of para-hydroxylation sites is 4. The van der Waals surface area contributed by atoms with E-state index in [2.05, 4.69) is 156 Å². The molecule has 0 aliphatic carbocycles. The highest BCUT2D eigenvalue weighted by molar-refractivity contribution is 6.15. The zero-order valence-corrected chi connectivity index (χ0v) is 31.1. The molecule has 0 unspecified atom stereocenters. The number of benzene rings is 9.